The second kappa shape index (κ2) is 10.2. The van der Waals surface area contributed by atoms with E-state index >= 15 is 0 Å². The monoisotopic (exact) mass is 479 g/mol. The highest BCUT2D eigenvalue weighted by Gasteiger charge is 2.35. The number of nitrogens with zero attached hydrogens (tertiary/aromatic N) is 1. The highest BCUT2D eigenvalue weighted by molar-refractivity contribution is 7.89. The van der Waals surface area contributed by atoms with E-state index in [-0.39, 0.29) is 48.6 Å². The van der Waals surface area contributed by atoms with Crippen molar-refractivity contribution in [3.05, 3.63) is 53.0 Å². The second-order valence-corrected chi connectivity index (χ2v) is 9.35. The number of esters is 3. The Kier molecular flexibility index (Phi) is 7.54. The van der Waals surface area contributed by atoms with Gasteiger partial charge in [-0.15, -0.1) is 0 Å². The number of hydrogen-bond acceptors (Lipinski definition) is 9. The van der Waals surface area contributed by atoms with Crippen molar-refractivity contribution in [2.45, 2.75) is 31.3 Å². The lowest BCUT2D eigenvalue weighted by molar-refractivity contribution is -0.151. The first-order valence-corrected chi connectivity index (χ1v) is 11.6. The molecule has 11 heteroatoms. The smallest absolute Gasteiger partial charge is 0.341 e. The van der Waals surface area contributed by atoms with Crippen LogP contribution in [0.3, 0.4) is 0 Å². The van der Waals surface area contributed by atoms with Crippen LogP contribution in [0.4, 0.5) is 0 Å². The van der Waals surface area contributed by atoms with Crippen molar-refractivity contribution in [2.24, 2.45) is 5.92 Å². The summed E-state index contributed by atoms with van der Waals surface area (Å²) in [6.07, 6.45) is 0.534. The molecule has 1 saturated heterocycles. The maximum absolute atomic E-state index is 13.1. The summed E-state index contributed by atoms with van der Waals surface area (Å²) in [6, 6.07) is 7.30. The predicted octanol–water partition coefficient (Wildman–Crippen LogP) is 2.31. The van der Waals surface area contributed by atoms with E-state index in [0.29, 0.717) is 11.5 Å². The summed E-state index contributed by atoms with van der Waals surface area (Å²) in [5.41, 5.74) is 0.218. The Morgan fingerprint density at radius 2 is 1.64 bits per heavy atom. The number of methoxy groups -OCH3 is 2. The van der Waals surface area contributed by atoms with Crippen molar-refractivity contribution in [1.29, 1.82) is 0 Å². The summed E-state index contributed by atoms with van der Waals surface area (Å²) < 4.78 is 47.5. The average molecular weight is 480 g/mol. The maximum atomic E-state index is 13.1. The van der Waals surface area contributed by atoms with Crippen LogP contribution < -0.4 is 0 Å². The normalized spacial score (nSPS) is 15.1. The van der Waals surface area contributed by atoms with E-state index < -0.39 is 33.8 Å². The molecule has 10 nitrogen and oxygen atoms in total. The minimum Gasteiger partial charge on any atom is -0.465 e. The van der Waals surface area contributed by atoms with Gasteiger partial charge in [0.05, 0.1) is 30.6 Å². The lowest BCUT2D eigenvalue weighted by Gasteiger charge is -2.30. The van der Waals surface area contributed by atoms with Crippen molar-refractivity contribution in [1.82, 2.24) is 4.31 Å². The van der Waals surface area contributed by atoms with E-state index in [1.165, 1.54) is 42.8 Å². The molecule has 0 atom stereocenters. The fourth-order valence-corrected chi connectivity index (χ4v) is 5.28. The molecule has 0 saturated carbocycles. The average Bonchev–Trinajstić information content (AvgIpc) is 3.21. The third kappa shape index (κ3) is 5.25. The van der Waals surface area contributed by atoms with Crippen molar-refractivity contribution in [3.8, 4) is 0 Å². The van der Waals surface area contributed by atoms with Crippen molar-refractivity contribution >= 4 is 27.9 Å². The number of furan rings is 1. The molecule has 1 fully saturated rings. The van der Waals surface area contributed by atoms with E-state index in [0.717, 1.165) is 0 Å². The van der Waals surface area contributed by atoms with E-state index in [4.69, 9.17) is 9.15 Å². The molecule has 0 unspecified atom stereocenters. The van der Waals surface area contributed by atoms with Gasteiger partial charge in [-0.25, -0.2) is 18.0 Å². The van der Waals surface area contributed by atoms with E-state index in [9.17, 15) is 22.8 Å². The third-order valence-electron chi connectivity index (χ3n) is 5.43. The zero-order valence-corrected chi connectivity index (χ0v) is 19.3. The number of carbonyl (C=O) groups is 3. The number of sulfonamides is 1. The topological polar surface area (TPSA) is 129 Å². The summed E-state index contributed by atoms with van der Waals surface area (Å²) in [6.45, 7) is 1.65. The molecule has 0 bridgehead atoms. The van der Waals surface area contributed by atoms with Crippen molar-refractivity contribution in [3.63, 3.8) is 0 Å². The van der Waals surface area contributed by atoms with E-state index in [1.807, 2.05) is 0 Å². The second-order valence-electron chi connectivity index (χ2n) is 7.45. The van der Waals surface area contributed by atoms with Gasteiger partial charge in [0.15, 0.2) is 0 Å². The van der Waals surface area contributed by atoms with Crippen LogP contribution in [0, 0.1) is 12.8 Å². The Morgan fingerprint density at radius 3 is 2.27 bits per heavy atom. The SMILES string of the molecule is COC(=O)c1ccccc1S(=O)(=O)N1CCC(C(=O)OCc2cc(C(=O)OC)c(C)o2)CC1. The molecule has 1 aliphatic heterocycles. The molecule has 1 aromatic heterocycles. The van der Waals surface area contributed by atoms with E-state index in [1.54, 1.807) is 13.0 Å². The molecule has 2 heterocycles. The van der Waals surface area contributed by atoms with Gasteiger partial charge in [-0.2, -0.15) is 4.31 Å². The maximum Gasteiger partial charge on any atom is 0.341 e. The van der Waals surface area contributed by atoms with Gasteiger partial charge in [0.2, 0.25) is 10.0 Å². The van der Waals surface area contributed by atoms with Crippen LogP contribution in [-0.4, -0.2) is 57.9 Å². The van der Waals surface area contributed by atoms with Crippen LogP contribution in [0.5, 0.6) is 0 Å². The zero-order valence-electron chi connectivity index (χ0n) is 18.5. The molecule has 0 N–H and O–H groups in total. The van der Waals surface area contributed by atoms with Gasteiger partial charge in [-0.3, -0.25) is 4.79 Å². The fraction of sp³-hybridized carbons (Fsp3) is 0.409. The number of piperidine rings is 1. The predicted molar refractivity (Wildman–Crippen MR) is 114 cm³/mol. The van der Waals surface area contributed by atoms with Crippen LogP contribution in [0.15, 0.2) is 39.6 Å². The molecule has 3 rings (SSSR count). The van der Waals surface area contributed by atoms with Gasteiger partial charge in [0, 0.05) is 13.1 Å². The summed E-state index contributed by atoms with van der Waals surface area (Å²) in [5, 5.41) is 0. The zero-order chi connectivity index (χ0) is 24.2. The number of carbonyl (C=O) groups excluding carboxylic acids is 3. The molecule has 0 radical (unpaired) electrons. The molecule has 0 spiro atoms. The fourth-order valence-electron chi connectivity index (χ4n) is 3.63. The van der Waals surface area contributed by atoms with Crippen molar-refractivity contribution < 1.29 is 41.4 Å². The first-order valence-electron chi connectivity index (χ1n) is 10.2. The van der Waals surface area contributed by atoms with Gasteiger partial charge in [0.25, 0.3) is 0 Å². The highest BCUT2D eigenvalue weighted by atomic mass is 32.2. The molecule has 1 aliphatic rings. The molecular formula is C22H25NO9S. The molecule has 2 aromatic rings. The first-order chi connectivity index (χ1) is 15.7. The Hall–Kier alpha value is -3.18. The summed E-state index contributed by atoms with van der Waals surface area (Å²) >= 11 is 0. The quantitative estimate of drug-likeness (QED) is 0.434. The van der Waals surface area contributed by atoms with Crippen LogP contribution in [0.2, 0.25) is 0 Å². The molecule has 1 aromatic carbocycles. The van der Waals surface area contributed by atoms with Crippen LogP contribution in [0.25, 0.3) is 0 Å². The largest absolute Gasteiger partial charge is 0.465 e. The molecular weight excluding hydrogens is 454 g/mol. The van der Waals surface area contributed by atoms with Gasteiger partial charge >= 0.3 is 17.9 Å². The van der Waals surface area contributed by atoms with Crippen LogP contribution in [-0.2, 0) is 35.6 Å². The molecule has 178 valence electrons. The van der Waals surface area contributed by atoms with Gasteiger partial charge in [-0.1, -0.05) is 12.1 Å². The van der Waals surface area contributed by atoms with Crippen LogP contribution >= 0.6 is 0 Å². The molecule has 0 amide bonds. The lowest BCUT2D eigenvalue weighted by Crippen LogP contribution is -2.41. The highest BCUT2D eigenvalue weighted by Crippen LogP contribution is 2.27. The lowest BCUT2D eigenvalue weighted by atomic mass is 9.98. The van der Waals surface area contributed by atoms with Crippen molar-refractivity contribution in [2.75, 3.05) is 27.3 Å². The van der Waals surface area contributed by atoms with Gasteiger partial charge in [0.1, 0.15) is 23.7 Å². The van der Waals surface area contributed by atoms with Crippen LogP contribution in [0.1, 0.15) is 45.1 Å². The number of hydrogen-bond donors (Lipinski definition) is 0. The first kappa shape index (κ1) is 24.5. The summed E-state index contributed by atoms with van der Waals surface area (Å²) in [7, 11) is -1.50. The third-order valence-corrected chi connectivity index (χ3v) is 7.39. The standard InChI is InChI=1S/C22H25NO9S/c1-14-18(22(26)30-3)12-16(32-14)13-31-20(24)15-8-10-23(11-9-15)33(27,28)19-7-5-4-6-17(19)21(25)29-2/h4-7,12,15H,8-11,13H2,1-3H3. The molecule has 33 heavy (non-hydrogen) atoms. The number of benzene rings is 1. The minimum atomic E-state index is -3.94. The van der Waals surface area contributed by atoms with Gasteiger partial charge in [-0.05, 0) is 38.0 Å². The summed E-state index contributed by atoms with van der Waals surface area (Å²) in [5.74, 6) is -1.58. The number of ether oxygens (including phenoxy) is 3. The Labute approximate surface area is 191 Å². The Balaban J connectivity index is 1.60. The molecule has 0 aliphatic carbocycles. The number of rotatable bonds is 7. The Morgan fingerprint density at radius 1 is 1.03 bits per heavy atom. The minimum absolute atomic E-state index is 0.0402. The van der Waals surface area contributed by atoms with Gasteiger partial charge < -0.3 is 18.6 Å². The van der Waals surface area contributed by atoms with E-state index in [2.05, 4.69) is 9.47 Å². The number of aryl methyl sites for hydroxylation is 1. The Bertz CT molecular complexity index is 1140. The summed E-state index contributed by atoms with van der Waals surface area (Å²) in [4.78, 5) is 36.0.